The van der Waals surface area contributed by atoms with Gasteiger partial charge in [-0.3, -0.25) is 0 Å². The first kappa shape index (κ1) is 16.9. The Balaban J connectivity index is 0.000000882. The van der Waals surface area contributed by atoms with Gasteiger partial charge in [-0.25, -0.2) is 9.97 Å². The molecule has 0 atom stereocenters. The number of piperazine rings is 1. The van der Waals surface area contributed by atoms with Crippen LogP contribution in [0.4, 0.5) is 5.95 Å². The fourth-order valence-corrected chi connectivity index (χ4v) is 2.33. The van der Waals surface area contributed by atoms with Crippen LogP contribution in [0.3, 0.4) is 0 Å². The minimum atomic E-state index is 0. The number of hydrogen-bond donors (Lipinski definition) is 1. The number of anilines is 1. The van der Waals surface area contributed by atoms with Crippen molar-refractivity contribution in [2.24, 2.45) is 0 Å². The molecule has 1 aliphatic heterocycles. The summed E-state index contributed by atoms with van der Waals surface area (Å²) >= 11 is 0. The maximum Gasteiger partial charge on any atom is 0.230 e. The van der Waals surface area contributed by atoms with Crippen molar-refractivity contribution in [2.45, 2.75) is 18.8 Å². The second-order valence-corrected chi connectivity index (χ2v) is 5.21. The monoisotopic (exact) mass is 344 g/mol. The van der Waals surface area contributed by atoms with Gasteiger partial charge >= 0.3 is 0 Å². The molecule has 1 N–H and O–H groups in total. The number of nitrogens with zero attached hydrogens (tertiary/aromatic N) is 5. The first-order valence-electron chi connectivity index (χ1n) is 7.03. The van der Waals surface area contributed by atoms with Crippen LogP contribution in [-0.4, -0.2) is 46.3 Å². The molecule has 4 rings (SSSR count). The van der Waals surface area contributed by atoms with Gasteiger partial charge in [-0.2, -0.15) is 4.98 Å². The van der Waals surface area contributed by atoms with E-state index in [1.807, 2.05) is 6.07 Å². The Morgan fingerprint density at radius 3 is 2.64 bits per heavy atom. The maximum absolute atomic E-state index is 5.28. The topological polar surface area (TPSA) is 80.0 Å². The molecule has 0 amide bonds. The number of rotatable bonds is 3. The maximum atomic E-state index is 5.28. The highest BCUT2D eigenvalue weighted by molar-refractivity contribution is 5.85. The lowest BCUT2D eigenvalue weighted by molar-refractivity contribution is 0.380. The van der Waals surface area contributed by atoms with Gasteiger partial charge in [0.15, 0.2) is 0 Å². The molecule has 1 saturated carbocycles. The van der Waals surface area contributed by atoms with Crippen molar-refractivity contribution >= 4 is 30.8 Å². The number of halogens is 2. The van der Waals surface area contributed by atoms with Crippen molar-refractivity contribution in [1.82, 2.24) is 25.4 Å². The molecule has 1 saturated heterocycles. The second kappa shape index (κ2) is 7.21. The molecule has 22 heavy (non-hydrogen) atoms. The molecule has 2 aromatic rings. The van der Waals surface area contributed by atoms with E-state index >= 15 is 0 Å². The molecule has 2 aliphatic rings. The molecular weight excluding hydrogens is 327 g/mol. The fraction of sp³-hybridized carbons (Fsp3) is 0.538. The quantitative estimate of drug-likeness (QED) is 0.906. The van der Waals surface area contributed by atoms with Crippen molar-refractivity contribution in [3.8, 4) is 11.5 Å². The molecule has 0 spiro atoms. The Morgan fingerprint density at radius 2 is 1.91 bits per heavy atom. The molecule has 0 radical (unpaired) electrons. The molecule has 0 bridgehead atoms. The zero-order valence-corrected chi connectivity index (χ0v) is 13.6. The van der Waals surface area contributed by atoms with Crippen LogP contribution in [0.25, 0.3) is 11.5 Å². The van der Waals surface area contributed by atoms with E-state index in [0.717, 1.165) is 56.6 Å². The Morgan fingerprint density at radius 1 is 1.14 bits per heavy atom. The van der Waals surface area contributed by atoms with Gasteiger partial charge in [0.25, 0.3) is 0 Å². The lowest BCUT2D eigenvalue weighted by Gasteiger charge is -2.27. The smallest absolute Gasteiger partial charge is 0.230 e. The number of nitrogens with one attached hydrogen (secondary N) is 1. The van der Waals surface area contributed by atoms with Crippen LogP contribution in [0.15, 0.2) is 16.8 Å². The van der Waals surface area contributed by atoms with Crippen LogP contribution >= 0.6 is 24.8 Å². The Bertz CT molecular complexity index is 612. The lowest BCUT2D eigenvalue weighted by Crippen LogP contribution is -2.44. The van der Waals surface area contributed by atoms with Gasteiger partial charge in [0.05, 0.1) is 0 Å². The molecular formula is C13H18Cl2N6O. The zero-order valence-electron chi connectivity index (χ0n) is 11.9. The lowest BCUT2D eigenvalue weighted by atomic mass is 10.3. The Labute approximate surface area is 140 Å². The molecule has 0 unspecified atom stereocenters. The summed E-state index contributed by atoms with van der Waals surface area (Å²) in [6, 6.07) is 1.83. The van der Waals surface area contributed by atoms with E-state index in [9.17, 15) is 0 Å². The van der Waals surface area contributed by atoms with E-state index in [1.165, 1.54) is 0 Å². The van der Waals surface area contributed by atoms with Gasteiger partial charge in [-0.15, -0.1) is 24.8 Å². The highest BCUT2D eigenvalue weighted by Gasteiger charge is 2.30. The van der Waals surface area contributed by atoms with Crippen molar-refractivity contribution in [3.05, 3.63) is 18.2 Å². The van der Waals surface area contributed by atoms with Crippen molar-refractivity contribution in [1.29, 1.82) is 0 Å². The third-order valence-electron chi connectivity index (χ3n) is 3.64. The molecule has 2 fully saturated rings. The van der Waals surface area contributed by atoms with Gasteiger partial charge < -0.3 is 14.7 Å². The summed E-state index contributed by atoms with van der Waals surface area (Å²) in [6.45, 7) is 3.76. The van der Waals surface area contributed by atoms with Crippen LogP contribution in [0.5, 0.6) is 0 Å². The summed E-state index contributed by atoms with van der Waals surface area (Å²) in [4.78, 5) is 15.5. The van der Waals surface area contributed by atoms with Gasteiger partial charge in [0.2, 0.25) is 17.7 Å². The van der Waals surface area contributed by atoms with Gasteiger partial charge in [-0.1, -0.05) is 5.16 Å². The van der Waals surface area contributed by atoms with E-state index in [1.54, 1.807) is 6.20 Å². The minimum absolute atomic E-state index is 0. The number of aromatic nitrogens is 4. The number of hydrogen-bond acceptors (Lipinski definition) is 7. The fourth-order valence-electron chi connectivity index (χ4n) is 2.33. The Kier molecular flexibility index (Phi) is 5.55. The molecule has 2 aromatic heterocycles. The summed E-state index contributed by atoms with van der Waals surface area (Å²) in [5.41, 5.74) is 0.726. The summed E-state index contributed by atoms with van der Waals surface area (Å²) in [5, 5.41) is 7.34. The Hall–Kier alpha value is -1.44. The third kappa shape index (κ3) is 3.48. The second-order valence-electron chi connectivity index (χ2n) is 5.21. The first-order chi connectivity index (χ1) is 9.90. The predicted octanol–water partition coefficient (Wildman–Crippen LogP) is 1.66. The average molecular weight is 345 g/mol. The first-order valence-corrected chi connectivity index (χ1v) is 7.03. The van der Waals surface area contributed by atoms with E-state index < -0.39 is 0 Å². The van der Waals surface area contributed by atoms with Crippen molar-refractivity contribution < 1.29 is 4.52 Å². The predicted molar refractivity (Wildman–Crippen MR) is 86.9 cm³/mol. The molecule has 9 heteroatoms. The molecule has 3 heterocycles. The van der Waals surface area contributed by atoms with Gasteiger partial charge in [0, 0.05) is 38.3 Å². The van der Waals surface area contributed by atoms with Gasteiger partial charge in [-0.05, 0) is 18.9 Å². The largest absolute Gasteiger partial charge is 0.339 e. The molecule has 0 aromatic carbocycles. The van der Waals surface area contributed by atoms with Crippen LogP contribution in [0.1, 0.15) is 24.7 Å². The van der Waals surface area contributed by atoms with Crippen LogP contribution in [0.2, 0.25) is 0 Å². The molecule has 120 valence electrons. The van der Waals surface area contributed by atoms with E-state index in [4.69, 9.17) is 4.52 Å². The summed E-state index contributed by atoms with van der Waals surface area (Å²) in [5.74, 6) is 2.50. The van der Waals surface area contributed by atoms with E-state index in [-0.39, 0.29) is 24.8 Å². The minimum Gasteiger partial charge on any atom is -0.339 e. The third-order valence-corrected chi connectivity index (χ3v) is 3.64. The highest BCUT2D eigenvalue weighted by atomic mass is 35.5. The normalized spacial score (nSPS) is 17.5. The standard InChI is InChI=1S/C13H16N6O.2ClH/c1-2-9(1)12-17-11(18-20-12)10-3-4-15-13(16-10)19-7-5-14-6-8-19;;/h3-4,9,14H,1-2,5-8H2;2*1H. The SMILES string of the molecule is Cl.Cl.c1cc(-c2noc(C3CC3)n2)nc(N2CCNCC2)n1. The van der Waals surface area contributed by atoms with Crippen LogP contribution < -0.4 is 10.2 Å². The summed E-state index contributed by atoms with van der Waals surface area (Å²) in [7, 11) is 0. The summed E-state index contributed by atoms with van der Waals surface area (Å²) < 4.78 is 5.28. The van der Waals surface area contributed by atoms with Gasteiger partial charge in [0.1, 0.15) is 5.69 Å². The highest BCUT2D eigenvalue weighted by Crippen LogP contribution is 2.39. The van der Waals surface area contributed by atoms with E-state index in [0.29, 0.717) is 11.7 Å². The van der Waals surface area contributed by atoms with Crippen molar-refractivity contribution in [2.75, 3.05) is 31.1 Å². The average Bonchev–Trinajstić information content (AvgIpc) is 3.26. The van der Waals surface area contributed by atoms with Crippen LogP contribution in [0, 0.1) is 0 Å². The molecule has 7 nitrogen and oxygen atoms in total. The van der Waals surface area contributed by atoms with Crippen LogP contribution in [-0.2, 0) is 0 Å². The zero-order chi connectivity index (χ0) is 13.4. The summed E-state index contributed by atoms with van der Waals surface area (Å²) in [6.07, 6.45) is 4.06. The van der Waals surface area contributed by atoms with Crippen molar-refractivity contribution in [3.63, 3.8) is 0 Å². The van der Waals surface area contributed by atoms with E-state index in [2.05, 4.69) is 30.3 Å². The molecule has 1 aliphatic carbocycles.